The number of nitrogens with two attached hydrogens (primary N) is 1. The third-order valence-corrected chi connectivity index (χ3v) is 5.38. The number of hydrogen-bond acceptors (Lipinski definition) is 3. The number of nitrogens with one attached hydrogen (secondary N) is 1. The van der Waals surface area contributed by atoms with Crippen LogP contribution in [0.2, 0.25) is 0 Å². The van der Waals surface area contributed by atoms with Gasteiger partial charge in [0.25, 0.3) is 0 Å². The number of amides is 2. The van der Waals surface area contributed by atoms with E-state index in [2.05, 4.69) is 5.32 Å². The van der Waals surface area contributed by atoms with Crippen molar-refractivity contribution < 1.29 is 9.59 Å². The Bertz CT molecular complexity index is 781. The summed E-state index contributed by atoms with van der Waals surface area (Å²) in [5.41, 5.74) is 9.49. The minimum Gasteiger partial charge on any atom is -0.352 e. The summed E-state index contributed by atoms with van der Waals surface area (Å²) < 4.78 is 0. The summed E-state index contributed by atoms with van der Waals surface area (Å²) in [5, 5.41) is 3.02. The highest BCUT2D eigenvalue weighted by Gasteiger charge is 2.29. The number of rotatable bonds is 6. The first-order chi connectivity index (χ1) is 13.5. The zero-order chi connectivity index (χ0) is 19.9. The van der Waals surface area contributed by atoms with Crippen LogP contribution in [0.25, 0.3) is 0 Å². The standard InChI is InChI=1S/C23H29N3O2/c1-17-7-9-19(10-8-17)16-25-22(27)20-11-13-26(14-12-20)23(28)21(24)15-18-5-3-2-4-6-18/h2-10,20-21H,11-16,24H2,1H3,(H,25,27)/t21-/m0/s1. The first-order valence-electron chi connectivity index (χ1n) is 9.94. The molecule has 0 aromatic heterocycles. The lowest BCUT2D eigenvalue weighted by molar-refractivity contribution is -0.136. The molecule has 0 aliphatic carbocycles. The highest BCUT2D eigenvalue weighted by Crippen LogP contribution is 2.19. The van der Waals surface area contributed by atoms with Crippen molar-refractivity contribution in [2.24, 2.45) is 11.7 Å². The van der Waals surface area contributed by atoms with Gasteiger partial charge in [0.1, 0.15) is 0 Å². The van der Waals surface area contributed by atoms with Crippen LogP contribution in [0.4, 0.5) is 0 Å². The Hall–Kier alpha value is -2.66. The van der Waals surface area contributed by atoms with Crippen LogP contribution in [0, 0.1) is 12.8 Å². The molecule has 5 heteroatoms. The van der Waals surface area contributed by atoms with Crippen molar-refractivity contribution >= 4 is 11.8 Å². The van der Waals surface area contributed by atoms with Crippen molar-refractivity contribution in [1.29, 1.82) is 0 Å². The number of likely N-dealkylation sites (tertiary alicyclic amines) is 1. The third kappa shape index (κ3) is 5.42. The van der Waals surface area contributed by atoms with Gasteiger partial charge in [0.2, 0.25) is 11.8 Å². The van der Waals surface area contributed by atoms with E-state index in [0.717, 1.165) is 11.1 Å². The van der Waals surface area contributed by atoms with E-state index < -0.39 is 6.04 Å². The number of hydrogen-bond donors (Lipinski definition) is 2. The largest absolute Gasteiger partial charge is 0.352 e. The molecule has 1 fully saturated rings. The molecule has 1 heterocycles. The monoisotopic (exact) mass is 379 g/mol. The van der Waals surface area contributed by atoms with Crippen molar-refractivity contribution in [3.63, 3.8) is 0 Å². The van der Waals surface area contributed by atoms with Crippen LogP contribution in [0.5, 0.6) is 0 Å². The van der Waals surface area contributed by atoms with Gasteiger partial charge in [-0.05, 0) is 37.3 Å². The summed E-state index contributed by atoms with van der Waals surface area (Å²) >= 11 is 0. The molecule has 0 radical (unpaired) electrons. The van der Waals surface area contributed by atoms with Gasteiger partial charge < -0.3 is 16.0 Å². The SMILES string of the molecule is Cc1ccc(CNC(=O)C2CCN(C(=O)[C@@H](N)Cc3ccccc3)CC2)cc1. The molecule has 0 saturated carbocycles. The predicted octanol–water partition coefficient (Wildman–Crippen LogP) is 2.42. The lowest BCUT2D eigenvalue weighted by Gasteiger charge is -2.33. The molecule has 0 unspecified atom stereocenters. The summed E-state index contributed by atoms with van der Waals surface area (Å²) in [6.45, 7) is 3.76. The van der Waals surface area contributed by atoms with Crippen LogP contribution in [0.1, 0.15) is 29.5 Å². The average molecular weight is 380 g/mol. The molecule has 2 amide bonds. The summed E-state index contributed by atoms with van der Waals surface area (Å²) in [6.07, 6.45) is 1.91. The maximum absolute atomic E-state index is 12.6. The van der Waals surface area contributed by atoms with Crippen LogP contribution in [0.15, 0.2) is 54.6 Å². The minimum absolute atomic E-state index is 0.0256. The Morgan fingerprint density at radius 3 is 2.32 bits per heavy atom. The van der Waals surface area contributed by atoms with E-state index in [-0.39, 0.29) is 17.7 Å². The summed E-state index contributed by atoms with van der Waals surface area (Å²) in [4.78, 5) is 26.9. The van der Waals surface area contributed by atoms with Gasteiger partial charge in [-0.25, -0.2) is 0 Å². The summed E-state index contributed by atoms with van der Waals surface area (Å²) in [5.74, 6) is 0.00321. The van der Waals surface area contributed by atoms with E-state index >= 15 is 0 Å². The number of carbonyl (C=O) groups excluding carboxylic acids is 2. The van der Waals surface area contributed by atoms with Gasteiger partial charge in [-0.1, -0.05) is 60.2 Å². The van der Waals surface area contributed by atoms with Crippen molar-refractivity contribution in [3.8, 4) is 0 Å². The van der Waals surface area contributed by atoms with Crippen molar-refractivity contribution in [2.75, 3.05) is 13.1 Å². The van der Waals surface area contributed by atoms with E-state index in [9.17, 15) is 9.59 Å². The first-order valence-corrected chi connectivity index (χ1v) is 9.94. The molecular formula is C23H29N3O2. The van der Waals surface area contributed by atoms with Crippen molar-refractivity contribution in [1.82, 2.24) is 10.2 Å². The topological polar surface area (TPSA) is 75.4 Å². The molecule has 148 valence electrons. The lowest BCUT2D eigenvalue weighted by Crippen LogP contribution is -2.49. The van der Waals surface area contributed by atoms with Crippen LogP contribution in [-0.2, 0) is 22.6 Å². The molecule has 0 bridgehead atoms. The van der Waals surface area contributed by atoms with Crippen LogP contribution in [-0.4, -0.2) is 35.8 Å². The molecule has 2 aromatic carbocycles. The molecular weight excluding hydrogens is 350 g/mol. The molecule has 2 aromatic rings. The fourth-order valence-electron chi connectivity index (χ4n) is 3.59. The van der Waals surface area contributed by atoms with Crippen molar-refractivity contribution in [3.05, 3.63) is 71.3 Å². The average Bonchev–Trinajstić information content (AvgIpc) is 2.73. The van der Waals surface area contributed by atoms with Gasteiger partial charge >= 0.3 is 0 Å². The number of carbonyl (C=O) groups is 2. The van der Waals surface area contributed by atoms with Gasteiger partial charge in [-0.2, -0.15) is 0 Å². The minimum atomic E-state index is -0.533. The number of nitrogens with zero attached hydrogens (tertiary/aromatic N) is 1. The Kier molecular flexibility index (Phi) is 6.82. The zero-order valence-electron chi connectivity index (χ0n) is 16.4. The van der Waals surface area contributed by atoms with E-state index in [1.165, 1.54) is 5.56 Å². The second-order valence-electron chi connectivity index (χ2n) is 7.60. The maximum atomic E-state index is 12.6. The molecule has 1 atom stereocenters. The summed E-state index contributed by atoms with van der Waals surface area (Å²) in [7, 11) is 0. The maximum Gasteiger partial charge on any atom is 0.239 e. The Labute approximate surface area is 166 Å². The van der Waals surface area contributed by atoms with E-state index in [1.807, 2.05) is 61.5 Å². The summed E-state index contributed by atoms with van der Waals surface area (Å²) in [6, 6.07) is 17.4. The Morgan fingerprint density at radius 1 is 1.04 bits per heavy atom. The molecule has 1 saturated heterocycles. The van der Waals surface area contributed by atoms with Gasteiger partial charge in [-0.3, -0.25) is 9.59 Å². The first kappa shape index (κ1) is 20.1. The van der Waals surface area contributed by atoms with E-state index in [4.69, 9.17) is 5.73 Å². The quantitative estimate of drug-likeness (QED) is 0.809. The second-order valence-corrected chi connectivity index (χ2v) is 7.60. The molecule has 3 N–H and O–H groups in total. The number of benzene rings is 2. The molecule has 1 aliphatic heterocycles. The molecule has 0 spiro atoms. The number of piperidine rings is 1. The van der Waals surface area contributed by atoms with E-state index in [1.54, 1.807) is 4.90 Å². The molecule has 28 heavy (non-hydrogen) atoms. The highest BCUT2D eigenvalue weighted by atomic mass is 16.2. The van der Waals surface area contributed by atoms with E-state index in [0.29, 0.717) is 38.9 Å². The molecule has 1 aliphatic rings. The third-order valence-electron chi connectivity index (χ3n) is 5.38. The second kappa shape index (κ2) is 9.51. The van der Waals surface area contributed by atoms with Crippen LogP contribution in [0.3, 0.4) is 0 Å². The zero-order valence-corrected chi connectivity index (χ0v) is 16.4. The van der Waals surface area contributed by atoms with Gasteiger partial charge in [0.15, 0.2) is 0 Å². The number of aryl methyl sites for hydroxylation is 1. The van der Waals surface area contributed by atoms with Gasteiger partial charge in [0, 0.05) is 25.6 Å². The Balaban J connectivity index is 1.43. The van der Waals surface area contributed by atoms with Gasteiger partial charge in [-0.15, -0.1) is 0 Å². The predicted molar refractivity (Wildman–Crippen MR) is 110 cm³/mol. The Morgan fingerprint density at radius 2 is 1.68 bits per heavy atom. The molecule has 5 nitrogen and oxygen atoms in total. The highest BCUT2D eigenvalue weighted by molar-refractivity contribution is 5.83. The van der Waals surface area contributed by atoms with Crippen LogP contribution < -0.4 is 11.1 Å². The van der Waals surface area contributed by atoms with Crippen LogP contribution >= 0.6 is 0 Å². The fourth-order valence-corrected chi connectivity index (χ4v) is 3.59. The lowest BCUT2D eigenvalue weighted by atomic mass is 9.95. The van der Waals surface area contributed by atoms with Gasteiger partial charge in [0.05, 0.1) is 6.04 Å². The normalized spacial score (nSPS) is 15.9. The fraction of sp³-hybridized carbons (Fsp3) is 0.391. The smallest absolute Gasteiger partial charge is 0.239 e. The van der Waals surface area contributed by atoms with Crippen molar-refractivity contribution in [2.45, 2.75) is 38.8 Å². The molecule has 3 rings (SSSR count).